The summed E-state index contributed by atoms with van der Waals surface area (Å²) >= 11 is 1.85. The third-order valence-electron chi connectivity index (χ3n) is 14.1. The third-order valence-corrected chi connectivity index (χ3v) is 15.3. The molecule has 0 amide bonds. The fourth-order valence-corrected chi connectivity index (χ4v) is 11.6. The van der Waals surface area contributed by atoms with Crippen molar-refractivity contribution < 1.29 is 20.1 Å². The standard InChI is InChI=1S/C69H46N3S.Ir/c1-2-14-56(58-37-36-53(69-62-18-4-3-15-57(62)59-16-5-7-21-66(59)72-69)44-63(58)52-35-38-61-60-17-6-8-22-67(60)73-68(61)45-52)55(13-1)54-42-48(25-23-46-27-31-50(32-28-46)64-19-9-11-39-70-64)41-49(43-54)26-24-47-29-33-51(34-30-47)65-20-10-12-40-71-65;/h1-22,27-31,33,35,37-45H,23-26H2;/q-3;+3. The number of aromatic nitrogens is 3. The predicted molar refractivity (Wildman–Crippen MR) is 305 cm³/mol. The Bertz CT molecular complexity index is 4030. The molecular formula is C69H46IrN3S. The van der Waals surface area contributed by atoms with E-state index in [-0.39, 0.29) is 20.1 Å². The summed E-state index contributed by atoms with van der Waals surface area (Å²) < 4.78 is 2.57. The molecule has 0 atom stereocenters. The molecule has 0 aliphatic rings. The van der Waals surface area contributed by atoms with Crippen LogP contribution in [0.15, 0.2) is 231 Å². The summed E-state index contributed by atoms with van der Waals surface area (Å²) in [5.74, 6) is 0. The van der Waals surface area contributed by atoms with Crippen molar-refractivity contribution >= 4 is 53.2 Å². The first-order chi connectivity index (χ1) is 36.1. The number of hydrogen-bond acceptors (Lipinski definition) is 4. The van der Waals surface area contributed by atoms with Gasteiger partial charge in [-0.15, -0.1) is 106 Å². The fraction of sp³-hybridized carbons (Fsp3) is 0.0580. The molecule has 0 N–H and O–H groups in total. The molecule has 0 aliphatic carbocycles. The first kappa shape index (κ1) is 46.9. The molecule has 9 aromatic carbocycles. The van der Waals surface area contributed by atoms with Crippen LogP contribution in [0, 0.1) is 18.2 Å². The predicted octanol–water partition coefficient (Wildman–Crippen LogP) is 17.5. The number of benzene rings is 9. The maximum absolute atomic E-state index is 5.35. The normalized spacial score (nSPS) is 11.4. The van der Waals surface area contributed by atoms with Gasteiger partial charge in [-0.3, -0.25) is 4.98 Å². The number of para-hydroxylation sites is 1. The maximum Gasteiger partial charge on any atom is 3.00 e. The van der Waals surface area contributed by atoms with E-state index in [0.717, 1.165) is 98.0 Å². The van der Waals surface area contributed by atoms with E-state index < -0.39 is 0 Å². The van der Waals surface area contributed by atoms with Crippen molar-refractivity contribution in [3.8, 4) is 67.2 Å². The second kappa shape index (κ2) is 20.7. The largest absolute Gasteiger partial charge is 3.00 e. The van der Waals surface area contributed by atoms with Gasteiger partial charge in [-0.05, 0) is 98.8 Å². The van der Waals surface area contributed by atoms with E-state index >= 15 is 0 Å². The Morgan fingerprint density at radius 1 is 0.351 bits per heavy atom. The van der Waals surface area contributed by atoms with Crippen LogP contribution in [0.4, 0.5) is 0 Å². The van der Waals surface area contributed by atoms with Crippen LogP contribution in [0.5, 0.6) is 0 Å². The number of hydrogen-bond donors (Lipinski definition) is 0. The minimum absolute atomic E-state index is 0. The van der Waals surface area contributed by atoms with Crippen LogP contribution in [-0.4, -0.2) is 15.0 Å². The van der Waals surface area contributed by atoms with Gasteiger partial charge in [0.1, 0.15) is 0 Å². The third kappa shape index (κ3) is 9.38. The molecule has 0 unspecified atom stereocenters. The maximum atomic E-state index is 5.35. The van der Waals surface area contributed by atoms with Gasteiger partial charge in [-0.1, -0.05) is 169 Å². The molecule has 13 rings (SSSR count). The summed E-state index contributed by atoms with van der Waals surface area (Å²) in [5, 5.41) is 6.03. The molecule has 0 saturated carbocycles. The minimum Gasteiger partial charge on any atom is -0.305 e. The number of nitrogens with zero attached hydrogens (tertiary/aromatic N) is 3. The first-order valence-electron chi connectivity index (χ1n) is 25.0. The van der Waals surface area contributed by atoms with Crippen molar-refractivity contribution in [1.29, 1.82) is 0 Å². The second-order valence-corrected chi connectivity index (χ2v) is 19.8. The zero-order valence-electron chi connectivity index (χ0n) is 40.4. The van der Waals surface area contributed by atoms with Crippen molar-refractivity contribution in [2.45, 2.75) is 25.7 Å². The summed E-state index contributed by atoms with van der Waals surface area (Å²) in [5.41, 5.74) is 18.9. The summed E-state index contributed by atoms with van der Waals surface area (Å²) in [6.07, 6.45) is 7.24. The molecule has 0 spiro atoms. The van der Waals surface area contributed by atoms with Gasteiger partial charge < -0.3 is 9.97 Å². The van der Waals surface area contributed by atoms with Crippen LogP contribution in [0.2, 0.25) is 0 Å². The van der Waals surface area contributed by atoms with Crippen molar-refractivity contribution in [3.05, 3.63) is 271 Å². The van der Waals surface area contributed by atoms with Crippen LogP contribution < -0.4 is 0 Å². The van der Waals surface area contributed by atoms with Gasteiger partial charge in [0.05, 0.1) is 5.52 Å². The average Bonchev–Trinajstić information content (AvgIpc) is 3.84. The van der Waals surface area contributed by atoms with Crippen LogP contribution >= 0.6 is 11.3 Å². The van der Waals surface area contributed by atoms with Crippen molar-refractivity contribution in [3.63, 3.8) is 0 Å². The summed E-state index contributed by atoms with van der Waals surface area (Å²) in [4.78, 5) is 14.4. The zero-order valence-corrected chi connectivity index (χ0v) is 43.6. The van der Waals surface area contributed by atoms with Gasteiger partial charge in [0, 0.05) is 38.0 Å². The number of aryl methyl sites for hydroxylation is 4. The molecule has 13 aromatic rings. The monoisotopic (exact) mass is 1140 g/mol. The van der Waals surface area contributed by atoms with E-state index in [9.17, 15) is 0 Å². The fourth-order valence-electron chi connectivity index (χ4n) is 10.4. The summed E-state index contributed by atoms with van der Waals surface area (Å²) in [7, 11) is 0. The Morgan fingerprint density at radius 2 is 0.919 bits per heavy atom. The van der Waals surface area contributed by atoms with Gasteiger partial charge in [0.15, 0.2) is 0 Å². The van der Waals surface area contributed by atoms with E-state index in [4.69, 9.17) is 4.98 Å². The Balaban J connectivity index is 0.00000556. The van der Waals surface area contributed by atoms with Gasteiger partial charge in [-0.25, -0.2) is 0 Å². The number of thiophene rings is 1. The van der Waals surface area contributed by atoms with E-state index in [2.05, 4.69) is 210 Å². The van der Waals surface area contributed by atoms with Crippen molar-refractivity contribution in [2.24, 2.45) is 0 Å². The molecule has 0 bridgehead atoms. The molecule has 3 nitrogen and oxygen atoms in total. The summed E-state index contributed by atoms with van der Waals surface area (Å²) in [6.45, 7) is 0. The van der Waals surface area contributed by atoms with Crippen LogP contribution in [-0.2, 0) is 45.8 Å². The Labute approximate surface area is 449 Å². The topological polar surface area (TPSA) is 38.7 Å². The molecule has 0 fully saturated rings. The molecule has 4 heterocycles. The summed E-state index contributed by atoms with van der Waals surface area (Å²) in [6, 6.07) is 89.3. The molecule has 0 aliphatic heterocycles. The van der Waals surface area contributed by atoms with Crippen LogP contribution in [0.25, 0.3) is 109 Å². The molecule has 74 heavy (non-hydrogen) atoms. The van der Waals surface area contributed by atoms with Crippen molar-refractivity contribution in [1.82, 2.24) is 15.0 Å². The van der Waals surface area contributed by atoms with Gasteiger partial charge in [-0.2, -0.15) is 0 Å². The second-order valence-electron chi connectivity index (χ2n) is 18.7. The molecule has 0 radical (unpaired) electrons. The minimum atomic E-state index is 0. The van der Waals surface area contributed by atoms with Gasteiger partial charge in [0.25, 0.3) is 0 Å². The van der Waals surface area contributed by atoms with Gasteiger partial charge in [0.2, 0.25) is 0 Å². The molecular weight excluding hydrogens is 1100 g/mol. The first-order valence-corrected chi connectivity index (χ1v) is 25.8. The van der Waals surface area contributed by atoms with Crippen molar-refractivity contribution in [2.75, 3.05) is 0 Å². The average molecular weight is 1140 g/mol. The van der Waals surface area contributed by atoms with E-state index in [1.54, 1.807) is 0 Å². The van der Waals surface area contributed by atoms with Gasteiger partial charge >= 0.3 is 20.1 Å². The SMILES string of the molecule is [Ir+3].[c-]1cc(CCc2cc(CCc3c[c-]c(-c4ccccn4)cc3)cc(-c3ccccc3-c3c[c-]c(-c4nc5ccccc5c5ccccc45)cc3-c3ccc4c(c3)sc3ccccc34)c2)ccc1-c1ccccn1. The molecule has 352 valence electrons. The van der Waals surface area contributed by atoms with Crippen LogP contribution in [0.3, 0.4) is 0 Å². The molecule has 4 aromatic heterocycles. The zero-order chi connectivity index (χ0) is 48.5. The smallest absolute Gasteiger partial charge is 0.305 e. The number of rotatable bonds is 12. The Kier molecular flexibility index (Phi) is 13.1. The number of pyridine rings is 3. The Hall–Kier alpha value is -8.18. The Morgan fingerprint density at radius 3 is 1.58 bits per heavy atom. The van der Waals surface area contributed by atoms with Crippen LogP contribution in [0.1, 0.15) is 22.3 Å². The van der Waals surface area contributed by atoms with E-state index in [1.807, 2.05) is 60.1 Å². The quantitative estimate of drug-likeness (QED) is 0.0904. The number of fused-ring (bicyclic) bond motifs is 6. The molecule has 5 heteroatoms. The van der Waals surface area contributed by atoms with E-state index in [0.29, 0.717) is 0 Å². The molecule has 0 saturated heterocycles. The van der Waals surface area contributed by atoms with E-state index in [1.165, 1.54) is 58.9 Å².